The molecule has 2 aliphatic heterocycles. The lowest BCUT2D eigenvalue weighted by atomic mass is 9.64. The summed E-state index contributed by atoms with van der Waals surface area (Å²) in [6, 6.07) is 15.1. The molecular weight excluding hydrogens is 419 g/mol. The Morgan fingerprint density at radius 1 is 1.09 bits per heavy atom. The summed E-state index contributed by atoms with van der Waals surface area (Å²) in [5.41, 5.74) is 6.50. The van der Waals surface area contributed by atoms with Crippen LogP contribution in [0.15, 0.2) is 71.2 Å². The van der Waals surface area contributed by atoms with Gasteiger partial charge in [0.15, 0.2) is 5.78 Å². The number of anilines is 2. The highest BCUT2D eigenvalue weighted by atomic mass is 19.1. The summed E-state index contributed by atoms with van der Waals surface area (Å²) < 4.78 is 14.9. The summed E-state index contributed by atoms with van der Waals surface area (Å²) in [5, 5.41) is 10.3. The van der Waals surface area contributed by atoms with Crippen molar-refractivity contribution in [1.82, 2.24) is 0 Å². The van der Waals surface area contributed by atoms with Crippen LogP contribution in [0.5, 0.6) is 0 Å². The summed E-state index contributed by atoms with van der Waals surface area (Å²) in [6.45, 7) is -0.0238. The highest BCUT2D eigenvalue weighted by molar-refractivity contribution is 6.20. The number of nitriles is 1. The average Bonchev–Trinajstić information content (AvgIpc) is 3.05. The van der Waals surface area contributed by atoms with E-state index in [2.05, 4.69) is 12.0 Å². The Morgan fingerprint density at radius 3 is 2.48 bits per heavy atom. The molecule has 2 aromatic carbocycles. The van der Waals surface area contributed by atoms with Crippen LogP contribution in [-0.2, 0) is 15.0 Å². The fourth-order valence-corrected chi connectivity index (χ4v) is 5.28. The molecule has 2 N–H and O–H groups in total. The molecule has 2 aromatic rings. The second-order valence-corrected chi connectivity index (χ2v) is 8.12. The Kier molecular flexibility index (Phi) is 4.58. The molecule has 0 saturated carbocycles. The number of carbonyl (C=O) groups excluding carboxylic acids is 2. The first-order valence-corrected chi connectivity index (χ1v) is 10.5. The predicted octanol–water partition coefficient (Wildman–Crippen LogP) is 3.26. The molecule has 1 atom stereocenters. The van der Waals surface area contributed by atoms with Gasteiger partial charge in [0.05, 0.1) is 17.8 Å². The van der Waals surface area contributed by atoms with Crippen molar-refractivity contribution in [3.05, 3.63) is 82.6 Å². The van der Waals surface area contributed by atoms with E-state index < -0.39 is 17.1 Å². The van der Waals surface area contributed by atoms with Crippen molar-refractivity contribution in [2.24, 2.45) is 5.73 Å². The summed E-state index contributed by atoms with van der Waals surface area (Å²) in [5.74, 6) is 1.12. The van der Waals surface area contributed by atoms with Crippen LogP contribution in [0.25, 0.3) is 0 Å². The Balaban J connectivity index is 1.91. The monoisotopic (exact) mass is 438 g/mol. The highest BCUT2D eigenvalue weighted by Crippen LogP contribution is 2.56. The van der Waals surface area contributed by atoms with Crippen molar-refractivity contribution in [2.75, 3.05) is 16.3 Å². The second kappa shape index (κ2) is 7.36. The number of halogens is 1. The zero-order valence-electron chi connectivity index (χ0n) is 17.6. The third-order valence-corrected chi connectivity index (χ3v) is 6.52. The van der Waals surface area contributed by atoms with Gasteiger partial charge in [-0.05, 0) is 31.0 Å². The summed E-state index contributed by atoms with van der Waals surface area (Å²) in [7, 11) is 0. The number of rotatable bonds is 2. The van der Waals surface area contributed by atoms with Gasteiger partial charge in [-0.2, -0.15) is 5.26 Å². The first-order chi connectivity index (χ1) is 16.0. The molecule has 5 rings (SSSR count). The largest absolute Gasteiger partial charge is 0.384 e. The number of para-hydroxylation sites is 2. The molecule has 33 heavy (non-hydrogen) atoms. The van der Waals surface area contributed by atoms with E-state index in [9.17, 15) is 19.2 Å². The number of allylic oxidation sites excluding steroid dienone is 1. The second-order valence-electron chi connectivity index (χ2n) is 8.12. The zero-order chi connectivity index (χ0) is 23.3. The summed E-state index contributed by atoms with van der Waals surface area (Å²) >= 11 is 0. The van der Waals surface area contributed by atoms with Crippen molar-refractivity contribution in [3.8, 4) is 18.4 Å². The van der Waals surface area contributed by atoms with Crippen LogP contribution in [0.2, 0.25) is 0 Å². The minimum atomic E-state index is -1.71. The topological polar surface area (TPSA) is 90.4 Å². The minimum Gasteiger partial charge on any atom is -0.384 e. The molecule has 0 unspecified atom stereocenters. The SMILES string of the molecule is C#CCN1C(=O)[C@@]2(C(C#N)=C(N)N(c3ccccc3F)C3=C2C(=O)CCC3)c2ccccc21. The van der Waals surface area contributed by atoms with E-state index in [4.69, 9.17) is 12.2 Å². The molecule has 0 bridgehead atoms. The number of Topliss-reactive ketones (excluding diaryl/α,β-unsaturated/α-hetero) is 1. The predicted molar refractivity (Wildman–Crippen MR) is 121 cm³/mol. The van der Waals surface area contributed by atoms with Gasteiger partial charge in [-0.1, -0.05) is 36.3 Å². The first kappa shape index (κ1) is 20.5. The normalized spacial score (nSPS) is 21.8. The molecule has 6 nitrogen and oxygen atoms in total. The van der Waals surface area contributed by atoms with E-state index >= 15 is 0 Å². The number of amides is 1. The van der Waals surface area contributed by atoms with Crippen LogP contribution >= 0.6 is 0 Å². The fraction of sp³-hybridized carbons (Fsp3) is 0.192. The van der Waals surface area contributed by atoms with Crippen LogP contribution in [0.3, 0.4) is 0 Å². The Hall–Kier alpha value is -4.36. The van der Waals surface area contributed by atoms with Crippen LogP contribution < -0.4 is 15.5 Å². The number of carbonyl (C=O) groups is 2. The van der Waals surface area contributed by atoms with Crippen molar-refractivity contribution in [3.63, 3.8) is 0 Å². The van der Waals surface area contributed by atoms with E-state index in [1.165, 1.54) is 21.9 Å². The van der Waals surface area contributed by atoms with Gasteiger partial charge in [-0.25, -0.2) is 4.39 Å². The molecule has 0 saturated heterocycles. The number of fused-ring (bicyclic) bond motifs is 3. The Morgan fingerprint density at radius 2 is 1.79 bits per heavy atom. The molecule has 0 fully saturated rings. The van der Waals surface area contributed by atoms with Crippen molar-refractivity contribution < 1.29 is 14.0 Å². The molecular formula is C26H19FN4O2. The highest BCUT2D eigenvalue weighted by Gasteiger charge is 2.62. The van der Waals surface area contributed by atoms with Gasteiger partial charge in [0.25, 0.3) is 0 Å². The Bertz CT molecular complexity index is 1380. The van der Waals surface area contributed by atoms with Gasteiger partial charge in [-0.3, -0.25) is 19.4 Å². The van der Waals surface area contributed by atoms with Gasteiger partial charge in [0, 0.05) is 28.9 Å². The molecule has 1 aliphatic carbocycles. The minimum absolute atomic E-state index is 0.0238. The van der Waals surface area contributed by atoms with Crippen LogP contribution in [-0.4, -0.2) is 18.2 Å². The van der Waals surface area contributed by atoms with Gasteiger partial charge >= 0.3 is 0 Å². The van der Waals surface area contributed by atoms with E-state index in [0.717, 1.165) is 0 Å². The van der Waals surface area contributed by atoms with Crippen molar-refractivity contribution in [2.45, 2.75) is 24.7 Å². The van der Waals surface area contributed by atoms with Crippen LogP contribution in [0, 0.1) is 29.5 Å². The maximum absolute atomic E-state index is 14.9. The van der Waals surface area contributed by atoms with E-state index in [1.807, 2.05) is 0 Å². The maximum atomic E-state index is 14.9. The third kappa shape index (κ3) is 2.54. The molecule has 0 aromatic heterocycles. The molecule has 1 spiro atoms. The van der Waals surface area contributed by atoms with Gasteiger partial charge in [-0.15, -0.1) is 6.42 Å². The van der Waals surface area contributed by atoms with Crippen molar-refractivity contribution in [1.29, 1.82) is 5.26 Å². The standard InChI is InChI=1S/C26H19FN4O2/c1-2-14-30-19-10-5-3-8-16(19)26(25(30)33)17(15-28)24(29)31(20-11-6-4-9-18(20)27)21-12-7-13-22(32)23(21)26/h1,3-6,8-11H,7,12-14,29H2/t26-/m1/s1. The van der Waals surface area contributed by atoms with Gasteiger partial charge in [0.1, 0.15) is 23.1 Å². The van der Waals surface area contributed by atoms with Crippen molar-refractivity contribution >= 4 is 23.1 Å². The zero-order valence-corrected chi connectivity index (χ0v) is 17.6. The number of terminal acetylenes is 1. The number of benzene rings is 2. The van der Waals surface area contributed by atoms with E-state index in [1.54, 1.807) is 36.4 Å². The van der Waals surface area contributed by atoms with E-state index in [0.29, 0.717) is 29.8 Å². The first-order valence-electron chi connectivity index (χ1n) is 10.5. The molecule has 3 aliphatic rings. The number of hydrogen-bond acceptors (Lipinski definition) is 5. The number of hydrogen-bond donors (Lipinski definition) is 1. The Labute approximate surface area is 190 Å². The summed E-state index contributed by atoms with van der Waals surface area (Å²) in [4.78, 5) is 30.4. The number of ketones is 1. The quantitative estimate of drug-likeness (QED) is 0.727. The molecule has 0 radical (unpaired) electrons. The molecule has 7 heteroatoms. The number of nitrogens with zero attached hydrogens (tertiary/aromatic N) is 3. The fourth-order valence-electron chi connectivity index (χ4n) is 5.28. The lowest BCUT2D eigenvalue weighted by Gasteiger charge is -2.43. The van der Waals surface area contributed by atoms with Gasteiger partial charge < -0.3 is 5.73 Å². The lowest BCUT2D eigenvalue weighted by Crippen LogP contribution is -2.52. The molecule has 2 heterocycles. The van der Waals surface area contributed by atoms with Crippen LogP contribution in [0.4, 0.5) is 15.8 Å². The third-order valence-electron chi connectivity index (χ3n) is 6.52. The lowest BCUT2D eigenvalue weighted by molar-refractivity contribution is -0.124. The van der Waals surface area contributed by atoms with Crippen LogP contribution in [0.1, 0.15) is 24.8 Å². The maximum Gasteiger partial charge on any atom is 0.248 e. The van der Waals surface area contributed by atoms with E-state index in [-0.39, 0.29) is 41.4 Å². The summed E-state index contributed by atoms with van der Waals surface area (Å²) in [6.07, 6.45) is 6.69. The molecule has 1 amide bonds. The average molecular weight is 438 g/mol. The smallest absolute Gasteiger partial charge is 0.248 e. The van der Waals surface area contributed by atoms with Gasteiger partial charge in [0.2, 0.25) is 5.91 Å². The number of nitrogens with two attached hydrogens (primary N) is 1. The molecule has 162 valence electrons.